The van der Waals surface area contributed by atoms with Crippen molar-refractivity contribution in [3.63, 3.8) is 0 Å². The number of carbonyl (C=O) groups is 2. The van der Waals surface area contributed by atoms with Crippen LogP contribution in [0, 0.1) is 6.92 Å². The molecule has 126 valence electrons. The maximum absolute atomic E-state index is 12.2. The fourth-order valence-electron chi connectivity index (χ4n) is 1.72. The summed E-state index contributed by atoms with van der Waals surface area (Å²) in [5, 5.41) is 0.523. The summed E-state index contributed by atoms with van der Waals surface area (Å²) in [6, 6.07) is 7.04. The molecule has 24 heavy (non-hydrogen) atoms. The second kappa shape index (κ2) is 8.79. The van der Waals surface area contributed by atoms with E-state index in [1.165, 1.54) is 18.0 Å². The number of hydrogen-bond acceptors (Lipinski definition) is 5. The van der Waals surface area contributed by atoms with Gasteiger partial charge in [-0.25, -0.2) is 9.97 Å². The molecule has 0 saturated carbocycles. The summed E-state index contributed by atoms with van der Waals surface area (Å²) in [7, 11) is 0. The fourth-order valence-corrected chi connectivity index (χ4v) is 2.76. The molecule has 0 bridgehead atoms. The number of hydrazine groups is 1. The van der Waals surface area contributed by atoms with Crippen LogP contribution in [0.15, 0.2) is 40.1 Å². The molecule has 2 aromatic rings. The first-order chi connectivity index (χ1) is 11.5. The number of halogens is 1. The van der Waals surface area contributed by atoms with Gasteiger partial charge in [0.15, 0.2) is 5.16 Å². The number of nitrogens with one attached hydrogen (secondary N) is 2. The van der Waals surface area contributed by atoms with Crippen molar-refractivity contribution in [2.75, 3.05) is 5.75 Å². The molecule has 0 saturated heterocycles. The van der Waals surface area contributed by atoms with E-state index < -0.39 is 11.8 Å². The van der Waals surface area contributed by atoms with Crippen LogP contribution < -0.4 is 10.9 Å². The number of thioether (sulfide) groups is 1. The van der Waals surface area contributed by atoms with Gasteiger partial charge in [0.05, 0.1) is 4.47 Å². The minimum absolute atomic E-state index is 0.174. The molecule has 0 aliphatic carbocycles. The van der Waals surface area contributed by atoms with Crippen LogP contribution in [0.3, 0.4) is 0 Å². The van der Waals surface area contributed by atoms with Gasteiger partial charge in [0.1, 0.15) is 5.69 Å². The van der Waals surface area contributed by atoms with E-state index in [-0.39, 0.29) is 5.69 Å². The highest BCUT2D eigenvalue weighted by Gasteiger charge is 2.15. The normalized spacial score (nSPS) is 10.3. The van der Waals surface area contributed by atoms with E-state index in [2.05, 4.69) is 43.7 Å². The molecule has 6 nitrogen and oxygen atoms in total. The lowest BCUT2D eigenvalue weighted by Gasteiger charge is -2.09. The molecule has 0 unspecified atom stereocenters. The molecule has 0 aliphatic heterocycles. The number of carbonyl (C=O) groups excluding carboxylic acids is 2. The van der Waals surface area contributed by atoms with E-state index >= 15 is 0 Å². The van der Waals surface area contributed by atoms with Crippen LogP contribution in [0.25, 0.3) is 0 Å². The molecule has 0 aliphatic rings. The summed E-state index contributed by atoms with van der Waals surface area (Å²) >= 11 is 4.72. The molecule has 2 rings (SSSR count). The smallest absolute Gasteiger partial charge is 0.267 e. The van der Waals surface area contributed by atoms with E-state index in [9.17, 15) is 9.59 Å². The Kier molecular flexibility index (Phi) is 6.74. The monoisotopic (exact) mass is 408 g/mol. The summed E-state index contributed by atoms with van der Waals surface area (Å²) in [5.41, 5.74) is 6.44. The molecular formula is C16H17BrN4O2S. The van der Waals surface area contributed by atoms with Crippen molar-refractivity contribution >= 4 is 39.5 Å². The SMILES string of the molecule is CCCSc1ncc(Br)c(C(=O)NNC(=O)c2ccc(C)cc2)n1. The second-order valence-electron chi connectivity index (χ2n) is 4.97. The van der Waals surface area contributed by atoms with E-state index in [4.69, 9.17) is 0 Å². The number of rotatable bonds is 5. The van der Waals surface area contributed by atoms with E-state index in [1.807, 2.05) is 19.1 Å². The zero-order valence-electron chi connectivity index (χ0n) is 13.3. The third-order valence-electron chi connectivity index (χ3n) is 2.98. The molecule has 1 heterocycles. The molecular weight excluding hydrogens is 392 g/mol. The highest BCUT2D eigenvalue weighted by Crippen LogP contribution is 2.19. The Labute approximate surface area is 153 Å². The lowest BCUT2D eigenvalue weighted by Crippen LogP contribution is -2.42. The van der Waals surface area contributed by atoms with Crippen molar-refractivity contribution in [1.29, 1.82) is 0 Å². The third-order valence-corrected chi connectivity index (χ3v) is 4.62. The fraction of sp³-hybridized carbons (Fsp3) is 0.250. The van der Waals surface area contributed by atoms with Crippen LogP contribution in [0.5, 0.6) is 0 Å². The molecule has 2 amide bonds. The van der Waals surface area contributed by atoms with Crippen molar-refractivity contribution < 1.29 is 9.59 Å². The first-order valence-electron chi connectivity index (χ1n) is 7.34. The van der Waals surface area contributed by atoms with Gasteiger partial charge in [-0.05, 0) is 41.4 Å². The van der Waals surface area contributed by atoms with Crippen LogP contribution in [0.1, 0.15) is 39.8 Å². The minimum Gasteiger partial charge on any atom is -0.267 e. The Morgan fingerprint density at radius 1 is 1.17 bits per heavy atom. The summed E-state index contributed by atoms with van der Waals surface area (Å²) < 4.78 is 0.463. The van der Waals surface area contributed by atoms with E-state index in [0.29, 0.717) is 15.2 Å². The lowest BCUT2D eigenvalue weighted by atomic mass is 10.1. The molecule has 0 fully saturated rings. The van der Waals surface area contributed by atoms with E-state index in [0.717, 1.165) is 17.7 Å². The second-order valence-corrected chi connectivity index (χ2v) is 6.89. The first-order valence-corrected chi connectivity index (χ1v) is 9.11. The number of aromatic nitrogens is 2. The largest absolute Gasteiger partial charge is 0.289 e. The first kappa shape index (κ1) is 18.4. The predicted molar refractivity (Wildman–Crippen MR) is 96.9 cm³/mol. The maximum atomic E-state index is 12.2. The molecule has 0 atom stereocenters. The van der Waals surface area contributed by atoms with Crippen molar-refractivity contribution in [3.05, 3.63) is 51.8 Å². The van der Waals surface area contributed by atoms with Gasteiger partial charge in [0.25, 0.3) is 11.8 Å². The average Bonchev–Trinajstić information content (AvgIpc) is 2.59. The van der Waals surface area contributed by atoms with Gasteiger partial charge < -0.3 is 0 Å². The zero-order chi connectivity index (χ0) is 17.5. The topological polar surface area (TPSA) is 84.0 Å². The van der Waals surface area contributed by atoms with Crippen LogP contribution in [0.4, 0.5) is 0 Å². The van der Waals surface area contributed by atoms with Crippen LogP contribution in [-0.4, -0.2) is 27.5 Å². The highest BCUT2D eigenvalue weighted by atomic mass is 79.9. The van der Waals surface area contributed by atoms with Crippen LogP contribution >= 0.6 is 27.7 Å². The number of hydrogen-bond donors (Lipinski definition) is 2. The summed E-state index contributed by atoms with van der Waals surface area (Å²) in [6.45, 7) is 3.99. The Morgan fingerprint density at radius 3 is 2.50 bits per heavy atom. The van der Waals surface area contributed by atoms with Crippen molar-refractivity contribution in [3.8, 4) is 0 Å². The number of amides is 2. The summed E-state index contributed by atoms with van der Waals surface area (Å²) in [5.74, 6) is -0.0375. The quantitative estimate of drug-likeness (QED) is 0.451. The molecule has 2 N–H and O–H groups in total. The number of benzene rings is 1. The van der Waals surface area contributed by atoms with Gasteiger partial charge in [-0.3, -0.25) is 20.4 Å². The Hall–Kier alpha value is -1.93. The summed E-state index contributed by atoms with van der Waals surface area (Å²) in [6.07, 6.45) is 2.51. The van der Waals surface area contributed by atoms with Gasteiger partial charge in [-0.2, -0.15) is 0 Å². The van der Waals surface area contributed by atoms with E-state index in [1.54, 1.807) is 12.1 Å². The number of aryl methyl sites for hydroxylation is 1. The molecule has 1 aromatic heterocycles. The molecule has 1 aromatic carbocycles. The summed E-state index contributed by atoms with van der Waals surface area (Å²) in [4.78, 5) is 32.6. The van der Waals surface area contributed by atoms with Gasteiger partial charge in [0, 0.05) is 17.5 Å². The molecule has 0 spiro atoms. The van der Waals surface area contributed by atoms with Crippen molar-refractivity contribution in [2.24, 2.45) is 0 Å². The molecule has 8 heteroatoms. The van der Waals surface area contributed by atoms with Gasteiger partial charge in [-0.1, -0.05) is 36.4 Å². The van der Waals surface area contributed by atoms with Gasteiger partial charge >= 0.3 is 0 Å². The number of nitrogens with zero attached hydrogens (tertiary/aromatic N) is 2. The Bertz CT molecular complexity index is 737. The lowest BCUT2D eigenvalue weighted by molar-refractivity contribution is 0.0843. The Morgan fingerprint density at radius 2 is 1.83 bits per heavy atom. The van der Waals surface area contributed by atoms with Crippen LogP contribution in [-0.2, 0) is 0 Å². The van der Waals surface area contributed by atoms with Gasteiger partial charge in [0.2, 0.25) is 0 Å². The molecule has 0 radical (unpaired) electrons. The minimum atomic E-state index is -0.511. The standard InChI is InChI=1S/C16H17BrN4O2S/c1-3-8-24-16-18-9-12(17)13(19-16)15(23)21-20-14(22)11-6-4-10(2)5-7-11/h4-7,9H,3,8H2,1-2H3,(H,20,22)(H,21,23). The maximum Gasteiger partial charge on any atom is 0.289 e. The highest BCUT2D eigenvalue weighted by molar-refractivity contribution is 9.10. The van der Waals surface area contributed by atoms with Crippen molar-refractivity contribution in [1.82, 2.24) is 20.8 Å². The zero-order valence-corrected chi connectivity index (χ0v) is 15.7. The van der Waals surface area contributed by atoms with Crippen molar-refractivity contribution in [2.45, 2.75) is 25.4 Å². The third kappa shape index (κ3) is 5.04. The Balaban J connectivity index is 2.01. The van der Waals surface area contributed by atoms with Gasteiger partial charge in [-0.15, -0.1) is 0 Å². The predicted octanol–water partition coefficient (Wildman–Crippen LogP) is 3.12. The average molecular weight is 409 g/mol. The van der Waals surface area contributed by atoms with Crippen LogP contribution in [0.2, 0.25) is 0 Å².